The SMILES string of the molecule is CC1(C)OB(O)c2ccc(Nc3cc(N[C@H](CO)c4ccccc4)c(C(=O)O)cn3)cc21. The molecule has 8 nitrogen and oxygen atoms in total. The fourth-order valence-electron chi connectivity index (χ4n) is 3.85. The van der Waals surface area contributed by atoms with Crippen LogP contribution in [0.15, 0.2) is 60.8 Å². The predicted octanol–water partition coefficient (Wildman–Crippen LogP) is 2.62. The highest BCUT2D eigenvalue weighted by Gasteiger charge is 2.40. The fraction of sp³-hybridized carbons (Fsp3) is 0.217. The Kier molecular flexibility index (Phi) is 5.88. The van der Waals surface area contributed by atoms with Crippen LogP contribution in [-0.4, -0.2) is 39.9 Å². The van der Waals surface area contributed by atoms with Crippen LogP contribution in [0.4, 0.5) is 17.2 Å². The lowest BCUT2D eigenvalue weighted by atomic mass is 9.78. The largest absolute Gasteiger partial charge is 0.492 e. The standard InChI is InChI=1S/C23H24BN3O5/c1-23(2)17-10-15(8-9-18(17)24(31)32-23)26-21-11-19(16(12-25-21)22(29)30)27-20(13-28)14-6-4-3-5-7-14/h3-12,20,28,31H,13H2,1-2H3,(H,29,30)(H2,25,26,27)/t20-/m1/s1. The zero-order valence-electron chi connectivity index (χ0n) is 17.7. The summed E-state index contributed by atoms with van der Waals surface area (Å²) in [5.74, 6) is -0.693. The summed E-state index contributed by atoms with van der Waals surface area (Å²) in [4.78, 5) is 16.0. The van der Waals surface area contributed by atoms with E-state index in [4.69, 9.17) is 4.65 Å². The van der Waals surface area contributed by atoms with Crippen LogP contribution in [0.5, 0.6) is 0 Å². The van der Waals surface area contributed by atoms with Gasteiger partial charge in [-0.2, -0.15) is 0 Å². The summed E-state index contributed by atoms with van der Waals surface area (Å²) in [5.41, 5.74) is 2.82. The van der Waals surface area contributed by atoms with Gasteiger partial charge in [-0.25, -0.2) is 9.78 Å². The zero-order chi connectivity index (χ0) is 22.9. The van der Waals surface area contributed by atoms with Crippen LogP contribution in [0.25, 0.3) is 0 Å². The summed E-state index contributed by atoms with van der Waals surface area (Å²) >= 11 is 0. The molecule has 164 valence electrons. The summed E-state index contributed by atoms with van der Waals surface area (Å²) in [6.45, 7) is 3.55. The number of carbonyl (C=O) groups is 1. The molecule has 0 amide bonds. The third kappa shape index (κ3) is 4.31. The maximum Gasteiger partial charge on any atom is 0.492 e. The number of benzene rings is 2. The molecule has 0 saturated heterocycles. The molecule has 0 unspecified atom stereocenters. The third-order valence-corrected chi connectivity index (χ3v) is 5.50. The van der Waals surface area contributed by atoms with Crippen molar-refractivity contribution in [3.8, 4) is 0 Å². The topological polar surface area (TPSA) is 124 Å². The van der Waals surface area contributed by atoms with Crippen molar-refractivity contribution in [2.45, 2.75) is 25.5 Å². The van der Waals surface area contributed by atoms with Gasteiger partial charge >= 0.3 is 13.1 Å². The first-order chi connectivity index (χ1) is 15.3. The van der Waals surface area contributed by atoms with Gasteiger partial charge in [-0.3, -0.25) is 0 Å². The summed E-state index contributed by atoms with van der Waals surface area (Å²) in [5, 5.41) is 35.8. The summed E-state index contributed by atoms with van der Waals surface area (Å²) in [6, 6.07) is 15.9. The quantitative estimate of drug-likeness (QED) is 0.361. The van der Waals surface area contributed by atoms with Gasteiger partial charge < -0.3 is 30.5 Å². The highest BCUT2D eigenvalue weighted by Crippen LogP contribution is 2.32. The molecule has 0 bridgehead atoms. The van der Waals surface area contributed by atoms with Crippen molar-refractivity contribution in [2.75, 3.05) is 17.2 Å². The van der Waals surface area contributed by atoms with E-state index in [2.05, 4.69) is 15.6 Å². The maximum atomic E-state index is 11.7. The molecular weight excluding hydrogens is 409 g/mol. The van der Waals surface area contributed by atoms with Crippen molar-refractivity contribution in [3.05, 3.63) is 77.5 Å². The second-order valence-electron chi connectivity index (χ2n) is 8.12. The number of nitrogens with one attached hydrogen (secondary N) is 2. The van der Waals surface area contributed by atoms with E-state index in [0.29, 0.717) is 17.0 Å². The normalized spacial score (nSPS) is 15.2. The molecule has 0 fully saturated rings. The van der Waals surface area contributed by atoms with Gasteiger partial charge in [0.2, 0.25) is 0 Å². The molecule has 1 aliphatic rings. The van der Waals surface area contributed by atoms with Crippen LogP contribution in [0.2, 0.25) is 0 Å². The number of hydrogen-bond acceptors (Lipinski definition) is 7. The smallest absolute Gasteiger partial charge is 0.478 e. The van der Waals surface area contributed by atoms with Gasteiger partial charge in [-0.05, 0) is 42.6 Å². The number of aromatic nitrogens is 1. The molecule has 1 aliphatic heterocycles. The van der Waals surface area contributed by atoms with E-state index >= 15 is 0 Å². The van der Waals surface area contributed by atoms with E-state index in [0.717, 1.165) is 16.8 Å². The number of rotatable bonds is 7. The molecule has 5 N–H and O–H groups in total. The Bertz CT molecular complexity index is 1140. The van der Waals surface area contributed by atoms with Crippen molar-refractivity contribution in [3.63, 3.8) is 0 Å². The Hall–Kier alpha value is -3.40. The number of carboxylic acids is 1. The molecule has 0 radical (unpaired) electrons. The van der Waals surface area contributed by atoms with E-state index in [1.165, 1.54) is 6.20 Å². The molecule has 2 aromatic carbocycles. The first kappa shape index (κ1) is 21.8. The molecular formula is C23H24BN3O5. The van der Waals surface area contributed by atoms with Crippen LogP contribution in [-0.2, 0) is 10.3 Å². The molecule has 0 aliphatic carbocycles. The van der Waals surface area contributed by atoms with Crippen LogP contribution in [0.1, 0.15) is 41.4 Å². The summed E-state index contributed by atoms with van der Waals surface area (Å²) in [6.07, 6.45) is 1.27. The monoisotopic (exact) mass is 433 g/mol. The second-order valence-corrected chi connectivity index (χ2v) is 8.12. The minimum Gasteiger partial charge on any atom is -0.478 e. The Morgan fingerprint density at radius 2 is 1.94 bits per heavy atom. The number of hydrogen-bond donors (Lipinski definition) is 5. The number of aliphatic hydroxyl groups is 1. The number of aromatic carboxylic acids is 1. The summed E-state index contributed by atoms with van der Waals surface area (Å²) < 4.78 is 5.60. The van der Waals surface area contributed by atoms with Crippen molar-refractivity contribution in [2.24, 2.45) is 0 Å². The van der Waals surface area contributed by atoms with Crippen LogP contribution < -0.4 is 16.1 Å². The van der Waals surface area contributed by atoms with Crippen LogP contribution in [0.3, 0.4) is 0 Å². The van der Waals surface area contributed by atoms with Crippen molar-refractivity contribution in [1.82, 2.24) is 4.98 Å². The molecule has 1 atom stereocenters. The highest BCUT2D eigenvalue weighted by molar-refractivity contribution is 6.62. The average molecular weight is 433 g/mol. The number of fused-ring (bicyclic) bond motifs is 1. The Labute approximate surface area is 186 Å². The second kappa shape index (κ2) is 8.62. The number of carboxylic acid groups (broad SMARTS) is 1. The fourth-order valence-corrected chi connectivity index (χ4v) is 3.85. The van der Waals surface area contributed by atoms with Crippen molar-refractivity contribution in [1.29, 1.82) is 0 Å². The number of nitrogens with zero attached hydrogens (tertiary/aromatic N) is 1. The summed E-state index contributed by atoms with van der Waals surface area (Å²) in [7, 11) is -0.966. The lowest BCUT2D eigenvalue weighted by Crippen LogP contribution is -2.28. The van der Waals surface area contributed by atoms with Crippen LogP contribution >= 0.6 is 0 Å². The van der Waals surface area contributed by atoms with E-state index in [-0.39, 0.29) is 12.2 Å². The minimum atomic E-state index is -1.12. The highest BCUT2D eigenvalue weighted by atomic mass is 16.5. The Balaban J connectivity index is 1.63. The molecule has 0 spiro atoms. The molecule has 0 saturated carbocycles. The van der Waals surface area contributed by atoms with Gasteiger partial charge in [0.25, 0.3) is 0 Å². The maximum absolute atomic E-state index is 11.7. The average Bonchev–Trinajstić information content (AvgIpc) is 3.00. The van der Waals surface area contributed by atoms with E-state index in [1.807, 2.05) is 50.2 Å². The van der Waals surface area contributed by atoms with Crippen molar-refractivity contribution < 1.29 is 24.7 Å². The van der Waals surface area contributed by atoms with E-state index in [1.54, 1.807) is 18.2 Å². The molecule has 9 heteroatoms. The van der Waals surface area contributed by atoms with Gasteiger partial charge in [0.05, 0.1) is 23.9 Å². The van der Waals surface area contributed by atoms with Gasteiger partial charge in [0.15, 0.2) is 0 Å². The van der Waals surface area contributed by atoms with Gasteiger partial charge in [-0.15, -0.1) is 0 Å². The molecule has 3 aromatic rings. The Morgan fingerprint density at radius 3 is 2.62 bits per heavy atom. The first-order valence-corrected chi connectivity index (χ1v) is 10.2. The van der Waals surface area contributed by atoms with Gasteiger partial charge in [-0.1, -0.05) is 36.4 Å². The predicted molar refractivity (Wildman–Crippen MR) is 123 cm³/mol. The van der Waals surface area contributed by atoms with Gasteiger partial charge in [0.1, 0.15) is 11.4 Å². The number of anilines is 3. The van der Waals surface area contributed by atoms with E-state index < -0.39 is 24.7 Å². The Morgan fingerprint density at radius 1 is 1.19 bits per heavy atom. The lowest BCUT2D eigenvalue weighted by molar-refractivity contribution is 0.0697. The zero-order valence-corrected chi connectivity index (χ0v) is 17.7. The van der Waals surface area contributed by atoms with E-state index in [9.17, 15) is 20.0 Å². The molecule has 32 heavy (non-hydrogen) atoms. The lowest BCUT2D eigenvalue weighted by Gasteiger charge is -2.21. The number of pyridine rings is 1. The molecule has 2 heterocycles. The van der Waals surface area contributed by atoms with Crippen LogP contribution in [0, 0.1) is 0 Å². The van der Waals surface area contributed by atoms with Gasteiger partial charge in [0, 0.05) is 18.0 Å². The molecule has 1 aromatic heterocycles. The minimum absolute atomic E-state index is 0.00320. The number of aliphatic hydroxyl groups excluding tert-OH is 1. The molecule has 4 rings (SSSR count). The third-order valence-electron chi connectivity index (χ3n) is 5.50. The van der Waals surface area contributed by atoms with Crippen molar-refractivity contribution >= 4 is 35.7 Å². The first-order valence-electron chi connectivity index (χ1n) is 10.2.